The molecule has 0 unspecified atom stereocenters. The van der Waals surface area contributed by atoms with Gasteiger partial charge in [-0.3, -0.25) is 14.5 Å². The largest absolute Gasteiger partial charge is 0.443 e. The number of nitrogens with zero attached hydrogens (tertiary/aromatic N) is 2. The fourth-order valence-electron chi connectivity index (χ4n) is 2.66. The van der Waals surface area contributed by atoms with Gasteiger partial charge >= 0.3 is 12.2 Å². The minimum atomic E-state index is -0.897. The van der Waals surface area contributed by atoms with Crippen LogP contribution in [0.3, 0.4) is 0 Å². The van der Waals surface area contributed by atoms with Crippen molar-refractivity contribution >= 4 is 35.4 Å². The zero-order valence-corrected chi connectivity index (χ0v) is 19.1. The predicted molar refractivity (Wildman–Crippen MR) is 117 cm³/mol. The Morgan fingerprint density at radius 3 is 1.91 bits per heavy atom. The summed E-state index contributed by atoms with van der Waals surface area (Å²) in [5, 5.41) is 11.8. The maximum Gasteiger partial charge on any atom is 0.424 e. The number of anilines is 2. The second kappa shape index (κ2) is 9.39. The number of aliphatic hydroxyl groups is 1. The molecular weight excluding hydrogens is 418 g/mol. The van der Waals surface area contributed by atoms with Crippen LogP contribution in [-0.4, -0.2) is 58.4 Å². The molecule has 1 aromatic rings. The second-order valence-electron chi connectivity index (χ2n) is 9.04. The number of carbonyl (C=O) groups excluding carboxylic acids is 4. The number of β-amino-alcohol motifs (C(OH)–C–C–N with tert-alkyl or cyclic N) is 1. The lowest BCUT2D eigenvalue weighted by Crippen LogP contribution is -2.43. The van der Waals surface area contributed by atoms with Gasteiger partial charge in [0.15, 0.2) is 0 Å². The van der Waals surface area contributed by atoms with Crippen LogP contribution in [0.1, 0.15) is 41.5 Å². The third-order valence-corrected chi connectivity index (χ3v) is 3.89. The lowest BCUT2D eigenvalue weighted by atomic mass is 10.2. The highest BCUT2D eigenvalue weighted by atomic mass is 16.6. The monoisotopic (exact) mass is 447 g/mol. The first-order valence-corrected chi connectivity index (χ1v) is 10.0. The van der Waals surface area contributed by atoms with E-state index >= 15 is 0 Å². The molecule has 0 aliphatic carbocycles. The van der Waals surface area contributed by atoms with Gasteiger partial charge in [-0.1, -0.05) is 0 Å². The van der Waals surface area contributed by atoms with E-state index in [1.54, 1.807) is 41.5 Å². The van der Waals surface area contributed by atoms with Crippen LogP contribution < -0.4 is 10.2 Å². The van der Waals surface area contributed by atoms with Gasteiger partial charge in [-0.05, 0) is 65.8 Å². The maximum atomic E-state index is 12.7. The van der Waals surface area contributed by atoms with E-state index in [4.69, 9.17) is 14.6 Å². The summed E-state index contributed by atoms with van der Waals surface area (Å²) in [5.41, 5.74) is -0.973. The van der Waals surface area contributed by atoms with Crippen molar-refractivity contribution in [2.75, 3.05) is 23.4 Å². The second-order valence-corrected chi connectivity index (χ2v) is 9.04. The number of carbonyl (C=O) groups is 4. The van der Waals surface area contributed by atoms with Gasteiger partial charge in [-0.15, -0.1) is 0 Å². The number of aliphatic hydroxyl groups excluding tert-OH is 1. The summed E-state index contributed by atoms with van der Waals surface area (Å²) in [7, 11) is 0. The fraction of sp³-hybridized carbons (Fsp3) is 0.455. The zero-order chi connectivity index (χ0) is 24.3. The van der Waals surface area contributed by atoms with Crippen molar-refractivity contribution in [1.82, 2.24) is 4.90 Å². The molecule has 0 spiro atoms. The van der Waals surface area contributed by atoms with Crippen LogP contribution >= 0.6 is 0 Å². The number of benzene rings is 1. The van der Waals surface area contributed by atoms with Crippen molar-refractivity contribution in [3.8, 4) is 0 Å². The van der Waals surface area contributed by atoms with Crippen molar-refractivity contribution in [1.29, 1.82) is 0 Å². The molecule has 10 nitrogen and oxygen atoms in total. The van der Waals surface area contributed by atoms with Crippen LogP contribution in [0.4, 0.5) is 21.0 Å². The van der Waals surface area contributed by atoms with E-state index in [2.05, 4.69) is 5.32 Å². The molecule has 2 rings (SSSR count). The molecule has 1 aliphatic heterocycles. The van der Waals surface area contributed by atoms with Crippen LogP contribution in [0.15, 0.2) is 36.0 Å². The SMILES string of the molecule is CC(C)(C)OC(=O)N(C(=O)OC(C)(C)C)c1ccc(NC2=CC(=O)N(CCO)C2=O)cc1. The van der Waals surface area contributed by atoms with Gasteiger partial charge < -0.3 is 19.9 Å². The van der Waals surface area contributed by atoms with E-state index in [-0.39, 0.29) is 24.5 Å². The average molecular weight is 447 g/mol. The number of nitrogens with one attached hydrogen (secondary N) is 1. The quantitative estimate of drug-likeness (QED) is 0.660. The number of hydrogen-bond donors (Lipinski definition) is 2. The fourth-order valence-corrected chi connectivity index (χ4v) is 2.66. The van der Waals surface area contributed by atoms with Crippen molar-refractivity contribution in [3.05, 3.63) is 36.0 Å². The standard InChI is InChI=1S/C22H29N3O7/c1-21(2,3)31-19(29)25(20(30)32-22(4,5)6)15-9-7-14(8-10-15)23-16-13-17(27)24(11-12-26)18(16)28/h7-10,13,23,26H,11-12H2,1-6H3. The molecule has 1 aliphatic rings. The Morgan fingerprint density at radius 2 is 1.47 bits per heavy atom. The van der Waals surface area contributed by atoms with Crippen LogP contribution in [0.2, 0.25) is 0 Å². The lowest BCUT2D eigenvalue weighted by molar-refractivity contribution is -0.137. The molecule has 0 aromatic heterocycles. The molecule has 1 aromatic carbocycles. The number of amides is 4. The molecule has 0 radical (unpaired) electrons. The van der Waals surface area contributed by atoms with Crippen molar-refractivity contribution in [2.24, 2.45) is 0 Å². The molecule has 4 amide bonds. The van der Waals surface area contributed by atoms with E-state index in [9.17, 15) is 19.2 Å². The highest BCUT2D eigenvalue weighted by molar-refractivity contribution is 6.17. The van der Waals surface area contributed by atoms with E-state index in [0.717, 1.165) is 15.9 Å². The third kappa shape index (κ3) is 6.55. The smallest absolute Gasteiger partial charge is 0.424 e. The topological polar surface area (TPSA) is 125 Å². The van der Waals surface area contributed by atoms with Gasteiger partial charge in [0.1, 0.15) is 16.9 Å². The minimum absolute atomic E-state index is 0.0485. The van der Waals surface area contributed by atoms with E-state index in [0.29, 0.717) is 5.69 Å². The molecule has 10 heteroatoms. The average Bonchev–Trinajstić information content (AvgIpc) is 2.88. The molecule has 174 valence electrons. The van der Waals surface area contributed by atoms with Crippen LogP contribution in [0.5, 0.6) is 0 Å². The van der Waals surface area contributed by atoms with Crippen molar-refractivity contribution in [3.63, 3.8) is 0 Å². The van der Waals surface area contributed by atoms with Gasteiger partial charge in [-0.25, -0.2) is 9.59 Å². The first-order chi connectivity index (χ1) is 14.7. The van der Waals surface area contributed by atoms with Gasteiger partial charge in [-0.2, -0.15) is 4.90 Å². The highest BCUT2D eigenvalue weighted by Crippen LogP contribution is 2.25. The third-order valence-electron chi connectivity index (χ3n) is 3.89. The molecule has 0 atom stereocenters. The minimum Gasteiger partial charge on any atom is -0.443 e. The van der Waals surface area contributed by atoms with Crippen LogP contribution in [-0.2, 0) is 19.1 Å². The van der Waals surface area contributed by atoms with Crippen molar-refractivity contribution in [2.45, 2.75) is 52.7 Å². The molecule has 0 saturated carbocycles. The predicted octanol–water partition coefficient (Wildman–Crippen LogP) is 3.02. The van der Waals surface area contributed by atoms with E-state index in [1.165, 1.54) is 24.3 Å². The number of rotatable bonds is 5. The summed E-state index contributed by atoms with van der Waals surface area (Å²) >= 11 is 0. The summed E-state index contributed by atoms with van der Waals surface area (Å²) in [4.78, 5) is 51.2. The van der Waals surface area contributed by atoms with E-state index < -0.39 is 35.2 Å². The maximum absolute atomic E-state index is 12.7. The molecule has 1 heterocycles. The molecule has 2 N–H and O–H groups in total. The molecule has 0 saturated heterocycles. The summed E-state index contributed by atoms with van der Waals surface area (Å²) < 4.78 is 10.7. The Bertz CT molecular complexity index is 896. The normalized spacial score (nSPS) is 14.2. The van der Waals surface area contributed by atoms with Gasteiger partial charge in [0.05, 0.1) is 18.8 Å². The zero-order valence-electron chi connectivity index (χ0n) is 19.1. The van der Waals surface area contributed by atoms with Gasteiger partial charge in [0.2, 0.25) is 0 Å². The Labute approximate surface area is 186 Å². The molecule has 0 bridgehead atoms. The van der Waals surface area contributed by atoms with Gasteiger partial charge in [0, 0.05) is 11.8 Å². The van der Waals surface area contributed by atoms with Gasteiger partial charge in [0.25, 0.3) is 11.8 Å². The highest BCUT2D eigenvalue weighted by Gasteiger charge is 2.33. The Morgan fingerprint density at radius 1 is 0.969 bits per heavy atom. The molecule has 32 heavy (non-hydrogen) atoms. The number of imide groups is 2. The van der Waals surface area contributed by atoms with Crippen molar-refractivity contribution < 1.29 is 33.8 Å². The first-order valence-electron chi connectivity index (χ1n) is 10.0. The number of hydrogen-bond acceptors (Lipinski definition) is 8. The summed E-state index contributed by atoms with van der Waals surface area (Å²) in [5.74, 6) is -1.08. The molecular formula is C22H29N3O7. The Balaban J connectivity index is 2.24. The Kier molecular flexibility index (Phi) is 7.30. The Hall–Kier alpha value is -3.40. The van der Waals surface area contributed by atoms with E-state index in [1.807, 2.05) is 0 Å². The summed E-state index contributed by atoms with van der Waals surface area (Å²) in [6, 6.07) is 6.02. The summed E-state index contributed by atoms with van der Waals surface area (Å²) in [6.07, 6.45) is -0.655. The first kappa shape index (κ1) is 24.9. The van der Waals surface area contributed by atoms with Crippen LogP contribution in [0, 0.1) is 0 Å². The summed E-state index contributed by atoms with van der Waals surface area (Å²) in [6.45, 7) is 9.64. The molecule has 0 fully saturated rings. The van der Waals surface area contributed by atoms with Crippen LogP contribution in [0.25, 0.3) is 0 Å². The lowest BCUT2D eigenvalue weighted by Gasteiger charge is -2.28. The number of ether oxygens (including phenoxy) is 2.